The maximum atomic E-state index is 12.6. The number of ether oxygens (including phenoxy) is 1. The van der Waals surface area contributed by atoms with Crippen LogP contribution in [-0.2, 0) is 4.74 Å². The van der Waals surface area contributed by atoms with Gasteiger partial charge in [-0.2, -0.15) is 0 Å². The van der Waals surface area contributed by atoms with Gasteiger partial charge in [0.1, 0.15) is 0 Å². The Bertz CT molecular complexity index is 633. The number of hydrogen-bond donors (Lipinski definition) is 0. The number of nitrogens with zero attached hydrogens (tertiary/aromatic N) is 3. The van der Waals surface area contributed by atoms with Crippen molar-refractivity contribution in [3.8, 4) is 11.3 Å². The van der Waals surface area contributed by atoms with Crippen LogP contribution in [0.25, 0.3) is 11.3 Å². The van der Waals surface area contributed by atoms with Gasteiger partial charge in [0.05, 0.1) is 24.1 Å². The molecule has 3 rings (SSSR count). The van der Waals surface area contributed by atoms with Crippen LogP contribution in [0.1, 0.15) is 24.2 Å². The summed E-state index contributed by atoms with van der Waals surface area (Å²) < 4.78 is 5.67. The normalized spacial score (nSPS) is 21.6. The lowest BCUT2D eigenvalue weighted by Crippen LogP contribution is -2.48. The minimum absolute atomic E-state index is 0.0488. The largest absolute Gasteiger partial charge is 0.372 e. The van der Waals surface area contributed by atoms with E-state index in [1.54, 1.807) is 18.6 Å². The van der Waals surface area contributed by atoms with Crippen molar-refractivity contribution in [2.45, 2.75) is 26.1 Å². The van der Waals surface area contributed by atoms with Crippen LogP contribution < -0.4 is 0 Å². The Morgan fingerprint density at radius 3 is 2.41 bits per heavy atom. The first-order valence-electron chi connectivity index (χ1n) is 7.44. The first-order chi connectivity index (χ1) is 10.6. The van der Waals surface area contributed by atoms with E-state index >= 15 is 0 Å². The van der Waals surface area contributed by atoms with Gasteiger partial charge in [-0.3, -0.25) is 14.8 Å². The molecule has 0 spiro atoms. The number of carbonyl (C=O) groups is 1. The predicted octanol–water partition coefficient (Wildman–Crippen LogP) is 2.39. The third-order valence-electron chi connectivity index (χ3n) is 3.70. The number of hydrogen-bond acceptors (Lipinski definition) is 4. The van der Waals surface area contributed by atoms with E-state index in [0.717, 1.165) is 11.3 Å². The van der Waals surface area contributed by atoms with Crippen LogP contribution in [0.5, 0.6) is 0 Å². The summed E-state index contributed by atoms with van der Waals surface area (Å²) in [4.78, 5) is 22.8. The van der Waals surface area contributed by atoms with E-state index < -0.39 is 0 Å². The molecule has 5 nitrogen and oxygen atoms in total. The molecule has 2 atom stereocenters. The van der Waals surface area contributed by atoms with Crippen molar-refractivity contribution in [2.75, 3.05) is 13.1 Å². The van der Waals surface area contributed by atoms with Crippen LogP contribution in [-0.4, -0.2) is 46.1 Å². The molecule has 1 aliphatic rings. The van der Waals surface area contributed by atoms with Crippen molar-refractivity contribution in [3.05, 3.63) is 48.4 Å². The molecule has 0 saturated carbocycles. The molecular weight excluding hydrogens is 278 g/mol. The summed E-state index contributed by atoms with van der Waals surface area (Å²) in [7, 11) is 0. The van der Waals surface area contributed by atoms with Gasteiger partial charge in [0.15, 0.2) is 0 Å². The molecule has 1 aromatic heterocycles. The van der Waals surface area contributed by atoms with E-state index in [-0.39, 0.29) is 18.1 Å². The van der Waals surface area contributed by atoms with Crippen LogP contribution in [0.15, 0.2) is 42.9 Å². The van der Waals surface area contributed by atoms with Crippen molar-refractivity contribution in [3.63, 3.8) is 0 Å². The fourth-order valence-electron chi connectivity index (χ4n) is 2.76. The van der Waals surface area contributed by atoms with E-state index in [1.807, 2.05) is 43.0 Å². The Morgan fingerprint density at radius 1 is 1.14 bits per heavy atom. The number of carbonyl (C=O) groups excluding carboxylic acids is 1. The highest BCUT2D eigenvalue weighted by Gasteiger charge is 2.26. The Kier molecular flexibility index (Phi) is 4.15. The summed E-state index contributed by atoms with van der Waals surface area (Å²) in [6.45, 7) is 5.25. The molecule has 5 heteroatoms. The van der Waals surface area contributed by atoms with Gasteiger partial charge >= 0.3 is 0 Å². The molecule has 1 aliphatic heterocycles. The SMILES string of the molecule is CC1CN(C(=O)c2ccc(-c3cnccn3)cc2)CC(C)O1. The standard InChI is InChI=1S/C17H19N3O2/c1-12-10-20(11-13(2)22-12)17(21)15-5-3-14(4-6-15)16-9-18-7-8-19-16/h3-9,12-13H,10-11H2,1-2H3. The Hall–Kier alpha value is -2.27. The average molecular weight is 297 g/mol. The molecule has 2 unspecified atom stereocenters. The molecule has 2 heterocycles. The minimum Gasteiger partial charge on any atom is -0.372 e. The maximum absolute atomic E-state index is 12.6. The number of benzene rings is 1. The number of amides is 1. The molecule has 1 fully saturated rings. The molecule has 0 aliphatic carbocycles. The number of rotatable bonds is 2. The van der Waals surface area contributed by atoms with Gasteiger partial charge < -0.3 is 9.64 Å². The molecular formula is C17H19N3O2. The molecule has 22 heavy (non-hydrogen) atoms. The summed E-state index contributed by atoms with van der Waals surface area (Å²) in [5.41, 5.74) is 2.44. The Morgan fingerprint density at radius 2 is 1.82 bits per heavy atom. The van der Waals surface area contributed by atoms with E-state index in [4.69, 9.17) is 4.74 Å². The number of aromatic nitrogens is 2. The maximum Gasteiger partial charge on any atom is 0.254 e. The fraction of sp³-hybridized carbons (Fsp3) is 0.353. The summed E-state index contributed by atoms with van der Waals surface area (Å²) in [6.07, 6.45) is 5.16. The Labute approximate surface area is 130 Å². The molecule has 1 amide bonds. The number of morpholine rings is 1. The monoisotopic (exact) mass is 297 g/mol. The first-order valence-corrected chi connectivity index (χ1v) is 7.44. The van der Waals surface area contributed by atoms with Gasteiger partial charge in [-0.05, 0) is 26.0 Å². The van der Waals surface area contributed by atoms with Crippen molar-refractivity contribution >= 4 is 5.91 Å². The molecule has 2 aromatic rings. The van der Waals surface area contributed by atoms with Gasteiger partial charge in [-0.25, -0.2) is 0 Å². The van der Waals surface area contributed by atoms with Gasteiger partial charge in [0, 0.05) is 36.6 Å². The van der Waals surface area contributed by atoms with Gasteiger partial charge in [-0.15, -0.1) is 0 Å². The van der Waals surface area contributed by atoms with E-state index in [0.29, 0.717) is 18.7 Å². The van der Waals surface area contributed by atoms with Crippen molar-refractivity contribution in [1.29, 1.82) is 0 Å². The second-order valence-corrected chi connectivity index (χ2v) is 5.64. The highest BCUT2D eigenvalue weighted by atomic mass is 16.5. The zero-order valence-corrected chi connectivity index (χ0v) is 12.8. The summed E-state index contributed by atoms with van der Waals surface area (Å²) >= 11 is 0. The highest BCUT2D eigenvalue weighted by Crippen LogP contribution is 2.18. The predicted molar refractivity (Wildman–Crippen MR) is 83.4 cm³/mol. The molecule has 0 bridgehead atoms. The molecule has 0 radical (unpaired) electrons. The van der Waals surface area contributed by atoms with Gasteiger partial charge in [0.25, 0.3) is 5.91 Å². The summed E-state index contributed by atoms with van der Waals surface area (Å²) in [6, 6.07) is 7.50. The van der Waals surface area contributed by atoms with Crippen LogP contribution in [0, 0.1) is 0 Å². The topological polar surface area (TPSA) is 55.3 Å². The van der Waals surface area contributed by atoms with E-state index in [1.165, 1.54) is 0 Å². The molecule has 1 saturated heterocycles. The zero-order chi connectivity index (χ0) is 15.5. The lowest BCUT2D eigenvalue weighted by molar-refractivity contribution is -0.0586. The average Bonchev–Trinajstić information content (AvgIpc) is 2.54. The van der Waals surface area contributed by atoms with E-state index in [9.17, 15) is 4.79 Å². The molecule has 1 aromatic carbocycles. The van der Waals surface area contributed by atoms with Crippen molar-refractivity contribution in [1.82, 2.24) is 14.9 Å². The third-order valence-corrected chi connectivity index (χ3v) is 3.70. The van der Waals surface area contributed by atoms with E-state index in [2.05, 4.69) is 9.97 Å². The second-order valence-electron chi connectivity index (χ2n) is 5.64. The highest BCUT2D eigenvalue weighted by molar-refractivity contribution is 5.94. The minimum atomic E-state index is 0.0488. The van der Waals surface area contributed by atoms with Crippen LogP contribution >= 0.6 is 0 Å². The van der Waals surface area contributed by atoms with Gasteiger partial charge in [0.2, 0.25) is 0 Å². The summed E-state index contributed by atoms with van der Waals surface area (Å²) in [5.74, 6) is 0.0488. The van der Waals surface area contributed by atoms with Crippen LogP contribution in [0.4, 0.5) is 0 Å². The first kappa shape index (κ1) is 14.7. The van der Waals surface area contributed by atoms with Crippen molar-refractivity contribution in [2.24, 2.45) is 0 Å². The second kappa shape index (κ2) is 6.23. The lowest BCUT2D eigenvalue weighted by atomic mass is 10.1. The quantitative estimate of drug-likeness (QED) is 0.854. The zero-order valence-electron chi connectivity index (χ0n) is 12.8. The third kappa shape index (κ3) is 3.14. The van der Waals surface area contributed by atoms with Crippen LogP contribution in [0.3, 0.4) is 0 Å². The molecule has 114 valence electrons. The summed E-state index contributed by atoms with van der Waals surface area (Å²) in [5, 5.41) is 0. The van der Waals surface area contributed by atoms with Crippen molar-refractivity contribution < 1.29 is 9.53 Å². The van der Waals surface area contributed by atoms with Crippen LogP contribution in [0.2, 0.25) is 0 Å². The smallest absolute Gasteiger partial charge is 0.254 e. The fourth-order valence-corrected chi connectivity index (χ4v) is 2.76. The lowest BCUT2D eigenvalue weighted by Gasteiger charge is -2.35. The molecule has 0 N–H and O–H groups in total. The Balaban J connectivity index is 1.76. The van der Waals surface area contributed by atoms with Gasteiger partial charge in [-0.1, -0.05) is 12.1 Å².